The van der Waals surface area contributed by atoms with E-state index in [1.807, 2.05) is 18.3 Å². The molecule has 3 N–H and O–H groups in total. The number of halogens is 1. The lowest BCUT2D eigenvalue weighted by Crippen LogP contribution is -2.25. The van der Waals surface area contributed by atoms with E-state index in [0.29, 0.717) is 0 Å². The minimum absolute atomic E-state index is 0.183. The van der Waals surface area contributed by atoms with E-state index in [4.69, 9.17) is 5.73 Å². The lowest BCUT2D eigenvalue weighted by atomic mass is 9.99. The molecule has 0 bridgehead atoms. The van der Waals surface area contributed by atoms with Crippen LogP contribution in [-0.4, -0.2) is 11.5 Å². The van der Waals surface area contributed by atoms with E-state index in [0.717, 1.165) is 35.1 Å². The first-order chi connectivity index (χ1) is 9.72. The fraction of sp³-hybridized carbons (Fsp3) is 0.312. The van der Waals surface area contributed by atoms with Gasteiger partial charge in [0.2, 0.25) is 0 Å². The Morgan fingerprint density at radius 2 is 2.10 bits per heavy atom. The van der Waals surface area contributed by atoms with Crippen molar-refractivity contribution >= 4 is 21.6 Å². The molecule has 20 heavy (non-hydrogen) atoms. The Kier molecular flexibility index (Phi) is 5.56. The van der Waals surface area contributed by atoms with Crippen molar-refractivity contribution in [3.8, 4) is 0 Å². The SMILES string of the molecule is CCCNC(Cc1ccccc1Br)c1cnccc1N. The largest absolute Gasteiger partial charge is 0.398 e. The van der Waals surface area contributed by atoms with Crippen molar-refractivity contribution in [1.29, 1.82) is 0 Å². The third-order valence-electron chi connectivity index (χ3n) is 3.29. The molecule has 0 aliphatic carbocycles. The summed E-state index contributed by atoms with van der Waals surface area (Å²) < 4.78 is 1.13. The van der Waals surface area contributed by atoms with Crippen LogP contribution in [-0.2, 0) is 6.42 Å². The first-order valence-corrected chi connectivity index (χ1v) is 7.67. The number of hydrogen-bond acceptors (Lipinski definition) is 3. The minimum Gasteiger partial charge on any atom is -0.398 e. The molecule has 0 spiro atoms. The fourth-order valence-electron chi connectivity index (χ4n) is 2.20. The number of pyridine rings is 1. The summed E-state index contributed by atoms with van der Waals surface area (Å²) in [6.45, 7) is 3.12. The molecule has 0 fully saturated rings. The summed E-state index contributed by atoms with van der Waals surface area (Å²) >= 11 is 3.61. The molecule has 4 heteroatoms. The second-order valence-corrected chi connectivity index (χ2v) is 5.66. The van der Waals surface area contributed by atoms with Gasteiger partial charge in [-0.05, 0) is 37.1 Å². The van der Waals surface area contributed by atoms with Gasteiger partial charge in [-0.1, -0.05) is 41.1 Å². The molecular formula is C16H20BrN3. The Bertz CT molecular complexity index is 557. The number of anilines is 1. The standard InChI is InChI=1S/C16H20BrN3/c1-2-8-20-16(13-11-19-9-7-15(13)18)10-12-5-3-4-6-14(12)17/h3-7,9,11,16,20H,2,8,10H2,1H3,(H2,18,19). The first-order valence-electron chi connectivity index (χ1n) is 6.88. The topological polar surface area (TPSA) is 50.9 Å². The third kappa shape index (κ3) is 3.81. The maximum atomic E-state index is 6.09. The monoisotopic (exact) mass is 333 g/mol. The zero-order chi connectivity index (χ0) is 14.4. The molecule has 1 aromatic carbocycles. The van der Waals surface area contributed by atoms with Crippen molar-refractivity contribution < 1.29 is 0 Å². The summed E-state index contributed by atoms with van der Waals surface area (Å²) in [4.78, 5) is 4.21. The molecule has 2 rings (SSSR count). The Hall–Kier alpha value is -1.39. The molecule has 0 saturated carbocycles. The number of aromatic nitrogens is 1. The Morgan fingerprint density at radius 3 is 2.80 bits per heavy atom. The molecule has 0 amide bonds. The van der Waals surface area contributed by atoms with Gasteiger partial charge in [-0.15, -0.1) is 0 Å². The highest BCUT2D eigenvalue weighted by Crippen LogP contribution is 2.26. The minimum atomic E-state index is 0.183. The molecule has 1 atom stereocenters. The van der Waals surface area contributed by atoms with E-state index in [1.165, 1.54) is 5.56 Å². The Morgan fingerprint density at radius 1 is 1.30 bits per heavy atom. The predicted molar refractivity (Wildman–Crippen MR) is 87.5 cm³/mol. The molecule has 0 saturated heterocycles. The van der Waals surface area contributed by atoms with Gasteiger partial charge in [0, 0.05) is 34.2 Å². The average molecular weight is 334 g/mol. The maximum Gasteiger partial charge on any atom is 0.0397 e. The number of rotatable bonds is 6. The highest BCUT2D eigenvalue weighted by molar-refractivity contribution is 9.10. The Labute approximate surface area is 128 Å². The van der Waals surface area contributed by atoms with E-state index in [-0.39, 0.29) is 6.04 Å². The highest BCUT2D eigenvalue weighted by Gasteiger charge is 2.15. The van der Waals surface area contributed by atoms with E-state index in [9.17, 15) is 0 Å². The summed E-state index contributed by atoms with van der Waals surface area (Å²) in [6.07, 6.45) is 5.57. The van der Waals surface area contributed by atoms with E-state index in [2.05, 4.69) is 51.4 Å². The van der Waals surface area contributed by atoms with Gasteiger partial charge >= 0.3 is 0 Å². The van der Waals surface area contributed by atoms with Crippen LogP contribution in [0.2, 0.25) is 0 Å². The van der Waals surface area contributed by atoms with Crippen LogP contribution in [0.15, 0.2) is 47.2 Å². The lowest BCUT2D eigenvalue weighted by Gasteiger charge is -2.21. The van der Waals surface area contributed by atoms with Gasteiger partial charge in [0.15, 0.2) is 0 Å². The molecule has 106 valence electrons. The second-order valence-electron chi connectivity index (χ2n) is 4.81. The number of hydrogen-bond donors (Lipinski definition) is 2. The number of nitrogens with two attached hydrogens (primary N) is 1. The van der Waals surface area contributed by atoms with Crippen LogP contribution in [0.4, 0.5) is 5.69 Å². The van der Waals surface area contributed by atoms with Crippen LogP contribution in [0.1, 0.15) is 30.5 Å². The van der Waals surface area contributed by atoms with Gasteiger partial charge in [0.1, 0.15) is 0 Å². The summed E-state index contributed by atoms with van der Waals surface area (Å²) in [5, 5.41) is 3.56. The number of nitrogens with zero attached hydrogens (tertiary/aromatic N) is 1. The number of benzene rings is 1. The van der Waals surface area contributed by atoms with Gasteiger partial charge in [0.25, 0.3) is 0 Å². The molecular weight excluding hydrogens is 314 g/mol. The second kappa shape index (κ2) is 7.41. The molecule has 1 heterocycles. The zero-order valence-electron chi connectivity index (χ0n) is 11.6. The van der Waals surface area contributed by atoms with Crippen LogP contribution < -0.4 is 11.1 Å². The molecule has 0 radical (unpaired) electrons. The summed E-state index contributed by atoms with van der Waals surface area (Å²) in [5.74, 6) is 0. The quantitative estimate of drug-likeness (QED) is 0.847. The van der Waals surface area contributed by atoms with Crippen LogP contribution >= 0.6 is 15.9 Å². The molecule has 2 aromatic rings. The number of nitrogens with one attached hydrogen (secondary N) is 1. The van der Waals surface area contributed by atoms with Crippen LogP contribution in [0.25, 0.3) is 0 Å². The van der Waals surface area contributed by atoms with Gasteiger partial charge < -0.3 is 11.1 Å². The van der Waals surface area contributed by atoms with E-state index < -0.39 is 0 Å². The van der Waals surface area contributed by atoms with Crippen LogP contribution in [0, 0.1) is 0 Å². The van der Waals surface area contributed by atoms with Crippen molar-refractivity contribution in [2.24, 2.45) is 0 Å². The molecule has 0 aliphatic rings. The van der Waals surface area contributed by atoms with Crippen LogP contribution in [0.5, 0.6) is 0 Å². The normalized spacial score (nSPS) is 12.3. The summed E-state index contributed by atoms with van der Waals surface area (Å²) in [6, 6.07) is 10.3. The predicted octanol–water partition coefficient (Wildman–Crippen LogP) is 3.71. The smallest absolute Gasteiger partial charge is 0.0397 e. The van der Waals surface area contributed by atoms with Crippen molar-refractivity contribution in [1.82, 2.24) is 10.3 Å². The van der Waals surface area contributed by atoms with Gasteiger partial charge in [0.05, 0.1) is 0 Å². The Balaban J connectivity index is 2.24. The third-order valence-corrected chi connectivity index (χ3v) is 4.06. The molecule has 1 unspecified atom stereocenters. The van der Waals surface area contributed by atoms with Crippen molar-refractivity contribution in [2.45, 2.75) is 25.8 Å². The van der Waals surface area contributed by atoms with Crippen molar-refractivity contribution in [3.05, 3.63) is 58.3 Å². The highest BCUT2D eigenvalue weighted by atomic mass is 79.9. The lowest BCUT2D eigenvalue weighted by molar-refractivity contribution is 0.528. The zero-order valence-corrected chi connectivity index (χ0v) is 13.2. The summed E-state index contributed by atoms with van der Waals surface area (Å²) in [7, 11) is 0. The van der Waals surface area contributed by atoms with Gasteiger partial charge in [-0.3, -0.25) is 4.98 Å². The maximum absolute atomic E-state index is 6.09. The van der Waals surface area contributed by atoms with E-state index >= 15 is 0 Å². The first kappa shape index (κ1) is 15.0. The van der Waals surface area contributed by atoms with Gasteiger partial charge in [-0.2, -0.15) is 0 Å². The number of nitrogen functional groups attached to an aromatic ring is 1. The van der Waals surface area contributed by atoms with Crippen molar-refractivity contribution in [2.75, 3.05) is 12.3 Å². The molecule has 1 aromatic heterocycles. The molecule has 0 aliphatic heterocycles. The van der Waals surface area contributed by atoms with Crippen LogP contribution in [0.3, 0.4) is 0 Å². The van der Waals surface area contributed by atoms with Gasteiger partial charge in [-0.25, -0.2) is 0 Å². The van der Waals surface area contributed by atoms with E-state index in [1.54, 1.807) is 6.20 Å². The summed E-state index contributed by atoms with van der Waals surface area (Å²) in [5.41, 5.74) is 9.22. The average Bonchev–Trinajstić information content (AvgIpc) is 2.46. The fourth-order valence-corrected chi connectivity index (χ4v) is 2.65. The molecule has 3 nitrogen and oxygen atoms in total. The van der Waals surface area contributed by atoms with Crippen molar-refractivity contribution in [3.63, 3.8) is 0 Å².